The molecule has 0 unspecified atom stereocenters. The number of Topliss-reactive ketones (excluding diaryl/α,β-unsaturated/α-hetero) is 2. The highest BCUT2D eigenvalue weighted by Gasteiger charge is 2.06. The minimum atomic E-state index is -0.496. The number of hydrogen-bond donors (Lipinski definition) is 0. The van der Waals surface area contributed by atoms with Gasteiger partial charge in [0.1, 0.15) is 0 Å². The first-order chi connectivity index (χ1) is 13.0. The van der Waals surface area contributed by atoms with Gasteiger partial charge in [0.2, 0.25) is 0 Å². The Labute approximate surface area is 157 Å². The van der Waals surface area contributed by atoms with E-state index in [9.17, 15) is 19.7 Å². The molecular weight excluding hydrogens is 342 g/mol. The predicted molar refractivity (Wildman–Crippen MR) is 104 cm³/mol. The molecular formula is C22H19NO4. The zero-order valence-electron chi connectivity index (χ0n) is 14.9. The Kier molecular flexibility index (Phi) is 7.14. The Morgan fingerprint density at radius 1 is 0.778 bits per heavy atom. The van der Waals surface area contributed by atoms with Gasteiger partial charge in [-0.3, -0.25) is 19.7 Å². The highest BCUT2D eigenvalue weighted by Crippen LogP contribution is 2.11. The van der Waals surface area contributed by atoms with Crippen LogP contribution in [0.25, 0.3) is 0 Å². The minimum absolute atomic E-state index is 0.000000000000000222. The second-order valence-electron chi connectivity index (χ2n) is 5.81. The largest absolute Gasteiger partial charge is 0.295 e. The molecule has 136 valence electrons. The van der Waals surface area contributed by atoms with Crippen LogP contribution in [0, 0.1) is 10.1 Å². The monoisotopic (exact) mass is 361 g/mol. The molecule has 0 aliphatic heterocycles. The van der Waals surface area contributed by atoms with E-state index in [4.69, 9.17) is 0 Å². The molecule has 0 aliphatic rings. The highest BCUT2D eigenvalue weighted by atomic mass is 16.6. The molecule has 3 aromatic carbocycles. The lowest BCUT2D eigenvalue weighted by molar-refractivity contribution is -0.384. The smallest absolute Gasteiger partial charge is 0.269 e. The van der Waals surface area contributed by atoms with Gasteiger partial charge in [-0.25, -0.2) is 0 Å². The fourth-order valence-corrected chi connectivity index (χ4v) is 2.33. The lowest BCUT2D eigenvalue weighted by Gasteiger charge is -2.00. The van der Waals surface area contributed by atoms with E-state index in [1.54, 1.807) is 0 Å². The fraction of sp³-hybridized carbons (Fsp3) is 0.0909. The molecule has 0 N–H and O–H groups in total. The van der Waals surface area contributed by atoms with Crippen LogP contribution in [0.1, 0.15) is 33.2 Å². The first-order valence-electron chi connectivity index (χ1n) is 8.35. The molecule has 0 saturated heterocycles. The SMILES string of the molecule is CC(=O)c1ccc([N+](=O)[O-])cc1.O=C(Cc1ccccc1)c1ccccc1. The van der Waals surface area contributed by atoms with E-state index in [-0.39, 0.29) is 17.3 Å². The first-order valence-corrected chi connectivity index (χ1v) is 8.35. The topological polar surface area (TPSA) is 77.3 Å². The second-order valence-corrected chi connectivity index (χ2v) is 5.81. The van der Waals surface area contributed by atoms with Crippen LogP contribution in [-0.2, 0) is 6.42 Å². The van der Waals surface area contributed by atoms with Gasteiger partial charge in [-0.1, -0.05) is 60.7 Å². The Balaban J connectivity index is 0.000000199. The Hall–Kier alpha value is -3.60. The van der Waals surface area contributed by atoms with E-state index in [0.717, 1.165) is 11.1 Å². The molecule has 0 aliphatic carbocycles. The van der Waals surface area contributed by atoms with E-state index in [1.807, 2.05) is 60.7 Å². The summed E-state index contributed by atoms with van der Waals surface area (Å²) in [6.45, 7) is 1.42. The molecule has 0 amide bonds. The summed E-state index contributed by atoms with van der Waals surface area (Å²) in [5.41, 5.74) is 2.33. The first kappa shape index (κ1) is 19.7. The standard InChI is InChI=1S/C14H12O.C8H7NO3/c15-14(13-9-5-2-6-10-13)11-12-7-3-1-4-8-12;1-6(10)7-2-4-8(5-3-7)9(11)12/h1-10H,11H2;2-5H,1H3. The summed E-state index contributed by atoms with van der Waals surface area (Å²) < 4.78 is 0. The maximum Gasteiger partial charge on any atom is 0.269 e. The third-order valence-electron chi connectivity index (χ3n) is 3.79. The van der Waals surface area contributed by atoms with Gasteiger partial charge in [-0.05, 0) is 24.6 Å². The van der Waals surface area contributed by atoms with Gasteiger partial charge in [0, 0.05) is 29.7 Å². The van der Waals surface area contributed by atoms with Crippen molar-refractivity contribution >= 4 is 17.3 Å². The maximum atomic E-state index is 11.8. The third-order valence-corrected chi connectivity index (χ3v) is 3.79. The fourth-order valence-electron chi connectivity index (χ4n) is 2.33. The molecule has 0 aromatic heterocycles. The van der Waals surface area contributed by atoms with Crippen LogP contribution in [-0.4, -0.2) is 16.5 Å². The second kappa shape index (κ2) is 9.77. The number of rotatable bonds is 5. The molecule has 5 heteroatoms. The normalized spacial score (nSPS) is 9.67. The van der Waals surface area contributed by atoms with Crippen LogP contribution in [0.15, 0.2) is 84.9 Å². The maximum absolute atomic E-state index is 11.8. The molecule has 3 aromatic rings. The predicted octanol–water partition coefficient (Wildman–Crippen LogP) is 4.91. The van der Waals surface area contributed by atoms with Crippen molar-refractivity contribution in [1.82, 2.24) is 0 Å². The molecule has 3 rings (SSSR count). The van der Waals surface area contributed by atoms with Gasteiger partial charge in [0.15, 0.2) is 11.6 Å². The molecule has 27 heavy (non-hydrogen) atoms. The summed E-state index contributed by atoms with van der Waals surface area (Å²) in [5, 5.41) is 10.2. The van der Waals surface area contributed by atoms with Crippen molar-refractivity contribution in [2.45, 2.75) is 13.3 Å². The summed E-state index contributed by atoms with van der Waals surface area (Å²) in [4.78, 5) is 32.3. The van der Waals surface area contributed by atoms with Crippen LogP contribution in [0.4, 0.5) is 5.69 Å². The number of ketones is 2. The van der Waals surface area contributed by atoms with Crippen molar-refractivity contribution < 1.29 is 14.5 Å². The molecule has 0 spiro atoms. The van der Waals surface area contributed by atoms with Gasteiger partial charge in [0.05, 0.1) is 4.92 Å². The summed E-state index contributed by atoms with van der Waals surface area (Å²) in [5.74, 6) is 0.0756. The minimum Gasteiger partial charge on any atom is -0.295 e. The number of hydrogen-bond acceptors (Lipinski definition) is 4. The summed E-state index contributed by atoms with van der Waals surface area (Å²) in [6.07, 6.45) is 0.477. The van der Waals surface area contributed by atoms with E-state index < -0.39 is 4.92 Å². The van der Waals surface area contributed by atoms with E-state index in [2.05, 4.69) is 0 Å². The number of nitro groups is 1. The molecule has 0 bridgehead atoms. The van der Waals surface area contributed by atoms with Gasteiger partial charge in [-0.2, -0.15) is 0 Å². The number of carbonyl (C=O) groups excluding carboxylic acids is 2. The number of benzene rings is 3. The molecule has 0 fully saturated rings. The molecule has 0 atom stereocenters. The van der Waals surface area contributed by atoms with Crippen LogP contribution in [0.3, 0.4) is 0 Å². The van der Waals surface area contributed by atoms with Gasteiger partial charge >= 0.3 is 0 Å². The van der Waals surface area contributed by atoms with Crippen LogP contribution in [0.5, 0.6) is 0 Å². The molecule has 5 nitrogen and oxygen atoms in total. The zero-order valence-corrected chi connectivity index (χ0v) is 14.9. The number of non-ortho nitro benzene ring substituents is 1. The van der Waals surface area contributed by atoms with E-state index in [0.29, 0.717) is 12.0 Å². The third kappa shape index (κ3) is 6.32. The van der Waals surface area contributed by atoms with Crippen molar-refractivity contribution in [1.29, 1.82) is 0 Å². The van der Waals surface area contributed by atoms with E-state index in [1.165, 1.54) is 31.2 Å². The van der Waals surface area contributed by atoms with E-state index >= 15 is 0 Å². The van der Waals surface area contributed by atoms with Gasteiger partial charge < -0.3 is 0 Å². The highest BCUT2D eigenvalue weighted by molar-refractivity contribution is 5.97. The van der Waals surface area contributed by atoms with Crippen molar-refractivity contribution in [2.24, 2.45) is 0 Å². The van der Waals surface area contributed by atoms with Crippen LogP contribution >= 0.6 is 0 Å². The Morgan fingerprint density at radius 3 is 1.78 bits per heavy atom. The van der Waals surface area contributed by atoms with Crippen LogP contribution in [0.2, 0.25) is 0 Å². The number of nitro benzene ring substituents is 1. The van der Waals surface area contributed by atoms with Gasteiger partial charge in [-0.15, -0.1) is 0 Å². The van der Waals surface area contributed by atoms with Crippen molar-refractivity contribution in [3.05, 3.63) is 112 Å². The van der Waals surface area contributed by atoms with Crippen molar-refractivity contribution in [3.8, 4) is 0 Å². The van der Waals surface area contributed by atoms with Crippen molar-refractivity contribution in [3.63, 3.8) is 0 Å². The molecule has 0 saturated carbocycles. The number of nitrogens with zero attached hydrogens (tertiary/aromatic N) is 1. The summed E-state index contributed by atoms with van der Waals surface area (Å²) in [6, 6.07) is 24.7. The average molecular weight is 361 g/mol. The Bertz CT molecular complexity index is 871. The van der Waals surface area contributed by atoms with Crippen molar-refractivity contribution in [2.75, 3.05) is 0 Å². The molecule has 0 radical (unpaired) electrons. The molecule has 0 heterocycles. The van der Waals surface area contributed by atoms with Gasteiger partial charge in [0.25, 0.3) is 5.69 Å². The average Bonchev–Trinajstić information content (AvgIpc) is 2.70. The number of carbonyl (C=O) groups is 2. The quantitative estimate of drug-likeness (QED) is 0.367. The summed E-state index contributed by atoms with van der Waals surface area (Å²) >= 11 is 0. The summed E-state index contributed by atoms with van der Waals surface area (Å²) in [7, 11) is 0. The lowest BCUT2D eigenvalue weighted by Crippen LogP contribution is -2.02. The zero-order chi connectivity index (χ0) is 19.6. The Morgan fingerprint density at radius 2 is 1.30 bits per heavy atom. The van der Waals surface area contributed by atoms with Crippen LogP contribution < -0.4 is 0 Å². The lowest BCUT2D eigenvalue weighted by atomic mass is 10.0.